The van der Waals surface area contributed by atoms with E-state index in [1.807, 2.05) is 30.3 Å². The summed E-state index contributed by atoms with van der Waals surface area (Å²) >= 11 is 0. The molecule has 0 amide bonds. The molecule has 0 unspecified atom stereocenters. The molecule has 0 N–H and O–H groups in total. The first-order chi connectivity index (χ1) is 7.76. The first-order valence-electron chi connectivity index (χ1n) is 6.05. The minimum atomic E-state index is -2.01. The zero-order chi connectivity index (χ0) is 11.9. The van der Waals surface area contributed by atoms with Crippen LogP contribution in [0, 0.1) is 0 Å². The lowest BCUT2D eigenvalue weighted by Gasteiger charge is -2.29. The maximum Gasteiger partial charge on any atom is 0.398 e. The molecule has 0 aliphatic heterocycles. The second-order valence-corrected chi connectivity index (χ2v) is 7.46. The average Bonchev–Trinajstić information content (AvgIpc) is 2.31. The third-order valence-corrected chi connectivity index (χ3v) is 6.56. The lowest BCUT2D eigenvalue weighted by molar-refractivity contribution is 0.294. The molecule has 90 valence electrons. The van der Waals surface area contributed by atoms with Crippen molar-refractivity contribution in [3.63, 3.8) is 0 Å². The minimum Gasteiger partial charge on any atom is -0.520 e. The number of rotatable bonds is 7. The molecule has 0 radical (unpaired) electrons. The van der Waals surface area contributed by atoms with Crippen molar-refractivity contribution in [2.45, 2.75) is 38.8 Å². The first kappa shape index (κ1) is 13.3. The molecule has 0 fully saturated rings. The van der Waals surface area contributed by atoms with Crippen molar-refractivity contribution in [3.8, 4) is 5.75 Å². The quantitative estimate of drug-likeness (QED) is 0.669. The summed E-state index contributed by atoms with van der Waals surface area (Å²) < 4.78 is 11.9. The summed E-state index contributed by atoms with van der Waals surface area (Å²) in [4.78, 5) is 0. The van der Waals surface area contributed by atoms with Crippen LogP contribution in [0.4, 0.5) is 0 Å². The second-order valence-electron chi connectivity index (χ2n) is 4.03. The van der Waals surface area contributed by atoms with Crippen LogP contribution in [0.15, 0.2) is 30.3 Å². The van der Waals surface area contributed by atoms with Crippen LogP contribution < -0.4 is 4.43 Å². The average molecular weight is 238 g/mol. The van der Waals surface area contributed by atoms with Gasteiger partial charge in [-0.05, 0) is 12.1 Å². The molecule has 0 aliphatic rings. The first-order valence-corrected chi connectivity index (χ1v) is 8.28. The Bertz CT molecular complexity index is 281. The molecule has 3 heteroatoms. The molecule has 2 nitrogen and oxygen atoms in total. The van der Waals surface area contributed by atoms with Gasteiger partial charge in [0.25, 0.3) is 0 Å². The monoisotopic (exact) mass is 238 g/mol. The fraction of sp³-hybridized carbons (Fsp3) is 0.538. The standard InChI is InChI=1S/C13H22O2Si/c1-4-11-16(14-3,12-5-2)15-13-9-7-6-8-10-13/h6-10H,4-5,11-12H2,1-3H3. The van der Waals surface area contributed by atoms with Gasteiger partial charge in [0, 0.05) is 19.2 Å². The Morgan fingerprint density at radius 2 is 1.56 bits per heavy atom. The van der Waals surface area contributed by atoms with E-state index in [-0.39, 0.29) is 0 Å². The normalized spacial score (nSPS) is 11.4. The highest BCUT2D eigenvalue weighted by Crippen LogP contribution is 2.25. The van der Waals surface area contributed by atoms with Crippen LogP contribution in [0.5, 0.6) is 5.75 Å². The van der Waals surface area contributed by atoms with E-state index < -0.39 is 8.56 Å². The molecule has 0 spiro atoms. The summed E-state index contributed by atoms with van der Waals surface area (Å²) in [6.45, 7) is 4.37. The molecule has 1 aromatic carbocycles. The Labute approximate surface area is 99.8 Å². The van der Waals surface area contributed by atoms with Gasteiger partial charge in [0.1, 0.15) is 5.75 Å². The van der Waals surface area contributed by atoms with E-state index in [0.29, 0.717) is 0 Å². The highest BCUT2D eigenvalue weighted by molar-refractivity contribution is 6.68. The molecule has 0 aliphatic carbocycles. The Morgan fingerprint density at radius 3 is 2.00 bits per heavy atom. The molecule has 0 heterocycles. The van der Waals surface area contributed by atoms with E-state index in [4.69, 9.17) is 8.85 Å². The van der Waals surface area contributed by atoms with Gasteiger partial charge >= 0.3 is 8.56 Å². The molecule has 0 atom stereocenters. The summed E-state index contributed by atoms with van der Waals surface area (Å²) in [5, 5.41) is 0. The number of para-hydroxylation sites is 1. The molecule has 0 saturated heterocycles. The zero-order valence-electron chi connectivity index (χ0n) is 10.5. The van der Waals surface area contributed by atoms with Gasteiger partial charge in [-0.3, -0.25) is 0 Å². The van der Waals surface area contributed by atoms with E-state index in [0.717, 1.165) is 30.7 Å². The van der Waals surface area contributed by atoms with Crippen molar-refractivity contribution in [1.29, 1.82) is 0 Å². The largest absolute Gasteiger partial charge is 0.520 e. The van der Waals surface area contributed by atoms with Crippen LogP contribution in [0.2, 0.25) is 12.1 Å². The molecule has 1 rings (SSSR count). The van der Waals surface area contributed by atoms with Crippen molar-refractivity contribution >= 4 is 8.56 Å². The zero-order valence-corrected chi connectivity index (χ0v) is 11.5. The van der Waals surface area contributed by atoms with Gasteiger partial charge in [0.15, 0.2) is 0 Å². The van der Waals surface area contributed by atoms with E-state index in [1.165, 1.54) is 0 Å². The van der Waals surface area contributed by atoms with Crippen LogP contribution in [0.1, 0.15) is 26.7 Å². The van der Waals surface area contributed by atoms with Gasteiger partial charge in [0.05, 0.1) is 0 Å². The van der Waals surface area contributed by atoms with Gasteiger partial charge in [-0.2, -0.15) is 0 Å². The maximum atomic E-state index is 6.15. The smallest absolute Gasteiger partial charge is 0.398 e. The minimum absolute atomic E-state index is 0.943. The van der Waals surface area contributed by atoms with Crippen molar-refractivity contribution in [1.82, 2.24) is 0 Å². The molecule has 0 saturated carbocycles. The third kappa shape index (κ3) is 3.65. The highest BCUT2D eigenvalue weighted by Gasteiger charge is 2.36. The van der Waals surface area contributed by atoms with Crippen LogP contribution in [-0.4, -0.2) is 15.7 Å². The predicted molar refractivity (Wildman–Crippen MR) is 70.0 cm³/mol. The van der Waals surface area contributed by atoms with Crippen LogP contribution in [0.3, 0.4) is 0 Å². The molecule has 0 aromatic heterocycles. The molecule has 1 aromatic rings. The SMILES string of the molecule is CCC[Si](CCC)(OC)Oc1ccccc1. The molecule has 16 heavy (non-hydrogen) atoms. The van der Waals surface area contributed by atoms with E-state index >= 15 is 0 Å². The topological polar surface area (TPSA) is 18.5 Å². The van der Waals surface area contributed by atoms with Crippen LogP contribution in [0.25, 0.3) is 0 Å². The summed E-state index contributed by atoms with van der Waals surface area (Å²) in [6, 6.07) is 12.1. The fourth-order valence-electron chi connectivity index (χ4n) is 1.94. The van der Waals surface area contributed by atoms with Crippen molar-refractivity contribution in [2.75, 3.05) is 7.11 Å². The molecular formula is C13H22O2Si. The van der Waals surface area contributed by atoms with Gasteiger partial charge in [-0.25, -0.2) is 0 Å². The van der Waals surface area contributed by atoms with Gasteiger partial charge < -0.3 is 8.85 Å². The van der Waals surface area contributed by atoms with Crippen molar-refractivity contribution < 1.29 is 8.85 Å². The lowest BCUT2D eigenvalue weighted by atomic mass is 10.3. The van der Waals surface area contributed by atoms with Crippen LogP contribution in [-0.2, 0) is 4.43 Å². The summed E-state index contributed by atoms with van der Waals surface area (Å²) in [5.74, 6) is 0.943. The Balaban J connectivity index is 2.76. The summed E-state index contributed by atoms with van der Waals surface area (Å²) in [7, 11) is -0.218. The fourth-order valence-corrected chi connectivity index (χ4v) is 4.97. The Morgan fingerprint density at radius 1 is 1.00 bits per heavy atom. The van der Waals surface area contributed by atoms with E-state index in [9.17, 15) is 0 Å². The van der Waals surface area contributed by atoms with Gasteiger partial charge in [-0.15, -0.1) is 0 Å². The number of hydrogen-bond acceptors (Lipinski definition) is 2. The van der Waals surface area contributed by atoms with E-state index in [2.05, 4.69) is 13.8 Å². The summed E-state index contributed by atoms with van der Waals surface area (Å²) in [6.07, 6.45) is 2.24. The molecular weight excluding hydrogens is 216 g/mol. The second kappa shape index (κ2) is 6.71. The predicted octanol–water partition coefficient (Wildman–Crippen LogP) is 3.97. The van der Waals surface area contributed by atoms with E-state index in [1.54, 1.807) is 7.11 Å². The van der Waals surface area contributed by atoms with Crippen molar-refractivity contribution in [2.24, 2.45) is 0 Å². The Kier molecular flexibility index (Phi) is 5.56. The van der Waals surface area contributed by atoms with Gasteiger partial charge in [-0.1, -0.05) is 44.9 Å². The number of hydrogen-bond donors (Lipinski definition) is 0. The third-order valence-electron chi connectivity index (χ3n) is 2.68. The van der Waals surface area contributed by atoms with Crippen LogP contribution >= 0.6 is 0 Å². The Hall–Kier alpha value is -0.803. The van der Waals surface area contributed by atoms with Crippen molar-refractivity contribution in [3.05, 3.63) is 30.3 Å². The van der Waals surface area contributed by atoms with Gasteiger partial charge in [0.2, 0.25) is 0 Å². The highest BCUT2D eigenvalue weighted by atomic mass is 28.4. The number of benzene rings is 1. The lowest BCUT2D eigenvalue weighted by Crippen LogP contribution is -2.44. The summed E-state index contributed by atoms with van der Waals surface area (Å²) in [5.41, 5.74) is 0. The maximum absolute atomic E-state index is 6.15. The molecule has 0 bridgehead atoms.